The van der Waals surface area contributed by atoms with E-state index in [1.807, 2.05) is 0 Å². The van der Waals surface area contributed by atoms with E-state index in [1.54, 1.807) is 19.9 Å². The zero-order valence-electron chi connectivity index (χ0n) is 14.0. The van der Waals surface area contributed by atoms with Crippen LogP contribution in [0, 0.1) is 6.92 Å². The molecule has 0 saturated heterocycles. The molecule has 0 aromatic heterocycles. The highest BCUT2D eigenvalue weighted by atomic mass is 35.5. The highest BCUT2D eigenvalue weighted by Gasteiger charge is 2.21. The number of aryl methyl sites for hydroxylation is 1. The monoisotopic (exact) mass is 383 g/mol. The molecule has 0 heterocycles. The van der Waals surface area contributed by atoms with Crippen LogP contribution in [0.1, 0.15) is 22.8 Å². The predicted molar refractivity (Wildman–Crippen MR) is 95.9 cm³/mol. The van der Waals surface area contributed by atoms with Gasteiger partial charge in [-0.1, -0.05) is 11.6 Å². The highest BCUT2D eigenvalue weighted by molar-refractivity contribution is 7.92. The first-order valence-corrected chi connectivity index (χ1v) is 9.28. The van der Waals surface area contributed by atoms with Crippen molar-refractivity contribution in [2.24, 2.45) is 0 Å². The van der Waals surface area contributed by atoms with Gasteiger partial charge in [-0.05, 0) is 55.8 Å². The summed E-state index contributed by atoms with van der Waals surface area (Å²) in [6, 6.07) is 8.81. The molecule has 0 saturated carbocycles. The smallest absolute Gasteiger partial charge is 0.338 e. The molecule has 0 spiro atoms. The number of nitrogens with one attached hydrogen (secondary N) is 1. The van der Waals surface area contributed by atoms with Crippen molar-refractivity contribution in [3.63, 3.8) is 0 Å². The van der Waals surface area contributed by atoms with Crippen molar-refractivity contribution in [1.82, 2.24) is 0 Å². The van der Waals surface area contributed by atoms with Crippen molar-refractivity contribution in [1.29, 1.82) is 0 Å². The van der Waals surface area contributed by atoms with Gasteiger partial charge < -0.3 is 9.47 Å². The second-order valence-electron chi connectivity index (χ2n) is 5.16. The fraction of sp³-hybridized carbons (Fsp3) is 0.235. The number of sulfonamides is 1. The molecule has 0 aliphatic carbocycles. The number of methoxy groups -OCH3 is 1. The van der Waals surface area contributed by atoms with Gasteiger partial charge in [-0.3, -0.25) is 4.72 Å². The fourth-order valence-electron chi connectivity index (χ4n) is 2.11. The topological polar surface area (TPSA) is 81.7 Å². The second kappa shape index (κ2) is 7.76. The average molecular weight is 384 g/mol. The Labute approximate surface area is 151 Å². The lowest BCUT2D eigenvalue weighted by molar-refractivity contribution is 0.0526. The summed E-state index contributed by atoms with van der Waals surface area (Å²) in [6.45, 7) is 3.73. The first-order chi connectivity index (χ1) is 11.8. The first-order valence-electron chi connectivity index (χ1n) is 7.42. The summed E-state index contributed by atoms with van der Waals surface area (Å²) in [6.07, 6.45) is 0. The Morgan fingerprint density at radius 1 is 1.20 bits per heavy atom. The summed E-state index contributed by atoms with van der Waals surface area (Å²) in [5.74, 6) is -0.276. The molecule has 134 valence electrons. The molecular weight excluding hydrogens is 366 g/mol. The molecule has 2 rings (SSSR count). The molecule has 6 nitrogen and oxygen atoms in total. The number of hydrogen-bond donors (Lipinski definition) is 1. The average Bonchev–Trinajstić information content (AvgIpc) is 2.57. The Bertz CT molecular complexity index is 879. The maximum atomic E-state index is 12.6. The van der Waals surface area contributed by atoms with Crippen molar-refractivity contribution in [2.75, 3.05) is 18.4 Å². The largest absolute Gasteiger partial charge is 0.495 e. The van der Waals surface area contributed by atoms with Crippen LogP contribution in [0.25, 0.3) is 0 Å². The SMILES string of the molecule is CCOC(=O)c1ccc(NS(=O)(=O)c2cc(Cl)c(C)cc2OC)cc1. The predicted octanol–water partition coefficient (Wildman–Crippen LogP) is 3.63. The summed E-state index contributed by atoms with van der Waals surface area (Å²) in [7, 11) is -2.53. The maximum Gasteiger partial charge on any atom is 0.338 e. The van der Waals surface area contributed by atoms with Crippen LogP contribution in [0.4, 0.5) is 5.69 Å². The van der Waals surface area contributed by atoms with Crippen LogP contribution in [0.5, 0.6) is 5.75 Å². The van der Waals surface area contributed by atoms with Gasteiger partial charge in [-0.25, -0.2) is 13.2 Å². The highest BCUT2D eigenvalue weighted by Crippen LogP contribution is 2.31. The third-order valence-corrected chi connectivity index (χ3v) is 5.19. The minimum atomic E-state index is -3.91. The molecule has 0 aliphatic heterocycles. The number of esters is 1. The molecule has 2 aromatic carbocycles. The van der Waals surface area contributed by atoms with Crippen LogP contribution in [0.2, 0.25) is 5.02 Å². The summed E-state index contributed by atoms with van der Waals surface area (Å²) >= 11 is 6.04. The number of halogens is 1. The molecule has 8 heteroatoms. The van der Waals surface area contributed by atoms with Crippen molar-refractivity contribution in [3.8, 4) is 5.75 Å². The first kappa shape index (κ1) is 19.1. The number of carbonyl (C=O) groups is 1. The van der Waals surface area contributed by atoms with Crippen molar-refractivity contribution >= 4 is 33.3 Å². The molecule has 0 amide bonds. The molecule has 25 heavy (non-hydrogen) atoms. The lowest BCUT2D eigenvalue weighted by Gasteiger charge is -2.13. The standard InChI is InChI=1S/C17H18ClNO5S/c1-4-24-17(20)12-5-7-13(8-6-12)19-25(21,22)16-10-14(18)11(2)9-15(16)23-3/h5-10,19H,4H2,1-3H3. The Morgan fingerprint density at radius 3 is 2.40 bits per heavy atom. The van der Waals surface area contributed by atoms with E-state index in [9.17, 15) is 13.2 Å². The minimum absolute atomic E-state index is 0.0694. The third-order valence-electron chi connectivity index (χ3n) is 3.38. The van der Waals surface area contributed by atoms with E-state index < -0.39 is 16.0 Å². The van der Waals surface area contributed by atoms with Gasteiger partial charge in [0.25, 0.3) is 10.0 Å². The Hall–Kier alpha value is -2.25. The molecular formula is C17H18ClNO5S. The van der Waals surface area contributed by atoms with E-state index in [4.69, 9.17) is 21.1 Å². The summed E-state index contributed by atoms with van der Waals surface area (Å²) < 4.78 is 37.7. The van der Waals surface area contributed by atoms with E-state index in [1.165, 1.54) is 37.4 Å². The van der Waals surface area contributed by atoms with Gasteiger partial charge >= 0.3 is 5.97 Å². The third kappa shape index (κ3) is 4.43. The fourth-order valence-corrected chi connectivity index (χ4v) is 3.57. The van der Waals surface area contributed by atoms with Gasteiger partial charge in [0.05, 0.1) is 19.3 Å². The Kier molecular flexibility index (Phi) is 5.92. The van der Waals surface area contributed by atoms with Crippen molar-refractivity contribution in [3.05, 3.63) is 52.5 Å². The molecule has 2 aromatic rings. The number of ether oxygens (including phenoxy) is 2. The number of hydrogen-bond acceptors (Lipinski definition) is 5. The number of anilines is 1. The van der Waals surface area contributed by atoms with Gasteiger partial charge in [0.15, 0.2) is 0 Å². The van der Waals surface area contributed by atoms with Gasteiger partial charge in [-0.2, -0.15) is 0 Å². The van der Waals surface area contributed by atoms with E-state index >= 15 is 0 Å². The summed E-state index contributed by atoms with van der Waals surface area (Å²) in [5.41, 5.74) is 1.34. The number of rotatable bonds is 6. The van der Waals surface area contributed by atoms with Crippen molar-refractivity contribution in [2.45, 2.75) is 18.7 Å². The zero-order chi connectivity index (χ0) is 18.6. The lowest BCUT2D eigenvalue weighted by atomic mass is 10.2. The minimum Gasteiger partial charge on any atom is -0.495 e. The molecule has 0 radical (unpaired) electrons. The van der Waals surface area contributed by atoms with Crippen LogP contribution >= 0.6 is 11.6 Å². The van der Waals surface area contributed by atoms with Crippen LogP contribution in [0.15, 0.2) is 41.3 Å². The van der Waals surface area contributed by atoms with E-state index in [2.05, 4.69) is 4.72 Å². The number of carbonyl (C=O) groups excluding carboxylic acids is 1. The molecule has 0 atom stereocenters. The van der Waals surface area contributed by atoms with Gasteiger partial charge in [-0.15, -0.1) is 0 Å². The Morgan fingerprint density at radius 2 is 1.84 bits per heavy atom. The summed E-state index contributed by atoms with van der Waals surface area (Å²) in [5, 5.41) is 0.318. The van der Waals surface area contributed by atoms with E-state index in [-0.39, 0.29) is 17.3 Å². The van der Waals surface area contributed by atoms with Gasteiger partial charge in [0.2, 0.25) is 0 Å². The zero-order valence-corrected chi connectivity index (χ0v) is 15.6. The second-order valence-corrected chi connectivity index (χ2v) is 7.21. The molecule has 1 N–H and O–H groups in total. The molecule has 0 fully saturated rings. The summed E-state index contributed by atoms with van der Waals surface area (Å²) in [4.78, 5) is 11.6. The normalized spacial score (nSPS) is 11.0. The van der Waals surface area contributed by atoms with E-state index in [0.717, 1.165) is 0 Å². The van der Waals surface area contributed by atoms with Crippen LogP contribution < -0.4 is 9.46 Å². The van der Waals surface area contributed by atoms with E-state index in [0.29, 0.717) is 21.8 Å². The Balaban J connectivity index is 2.30. The van der Waals surface area contributed by atoms with Gasteiger partial charge in [0, 0.05) is 10.7 Å². The number of benzene rings is 2. The molecule has 0 bridgehead atoms. The molecule has 0 unspecified atom stereocenters. The van der Waals surface area contributed by atoms with Crippen LogP contribution in [-0.4, -0.2) is 28.1 Å². The van der Waals surface area contributed by atoms with Crippen LogP contribution in [-0.2, 0) is 14.8 Å². The lowest BCUT2D eigenvalue weighted by Crippen LogP contribution is -2.14. The van der Waals surface area contributed by atoms with Crippen LogP contribution in [0.3, 0.4) is 0 Å². The van der Waals surface area contributed by atoms with Gasteiger partial charge in [0.1, 0.15) is 10.6 Å². The molecule has 0 aliphatic rings. The maximum absolute atomic E-state index is 12.6. The quantitative estimate of drug-likeness (QED) is 0.770. The van der Waals surface area contributed by atoms with Crippen molar-refractivity contribution < 1.29 is 22.7 Å².